The highest BCUT2D eigenvalue weighted by Gasteiger charge is 2.14. The molecule has 0 saturated heterocycles. The molecule has 1 aromatic rings. The summed E-state index contributed by atoms with van der Waals surface area (Å²) >= 11 is 3.15. The van der Waals surface area contributed by atoms with Crippen molar-refractivity contribution in [2.45, 2.75) is 25.6 Å². The van der Waals surface area contributed by atoms with E-state index in [1.165, 1.54) is 0 Å². The van der Waals surface area contributed by atoms with Crippen LogP contribution < -0.4 is 5.32 Å². The molecule has 1 rings (SSSR count). The number of aryl methyl sites for hydroxylation is 1. The molecule has 13 heavy (non-hydrogen) atoms. The Bertz CT molecular complexity index is 320. The van der Waals surface area contributed by atoms with E-state index in [-0.39, 0.29) is 10.7 Å². The van der Waals surface area contributed by atoms with Crippen molar-refractivity contribution in [1.29, 1.82) is 0 Å². The van der Waals surface area contributed by atoms with Crippen molar-refractivity contribution in [1.82, 2.24) is 5.16 Å². The quantitative estimate of drug-likeness (QED) is 0.813. The summed E-state index contributed by atoms with van der Waals surface area (Å²) < 4.78 is 4.91. The van der Waals surface area contributed by atoms with Gasteiger partial charge in [0.15, 0.2) is 0 Å². The van der Waals surface area contributed by atoms with Crippen LogP contribution in [0.1, 0.15) is 18.2 Å². The first-order valence-corrected chi connectivity index (χ1v) is 4.81. The average Bonchev–Trinajstić information content (AvgIpc) is 2.36. The van der Waals surface area contributed by atoms with Crippen molar-refractivity contribution >= 4 is 27.7 Å². The van der Waals surface area contributed by atoms with Crippen molar-refractivity contribution < 1.29 is 9.32 Å². The molecule has 1 heterocycles. The zero-order valence-electron chi connectivity index (χ0n) is 7.72. The van der Waals surface area contributed by atoms with Gasteiger partial charge in [-0.25, -0.2) is 0 Å². The summed E-state index contributed by atoms with van der Waals surface area (Å²) in [6.45, 7) is 5.42. The molecular formula is C8H11BrN2O2. The minimum atomic E-state index is -0.239. The Kier molecular flexibility index (Phi) is 3.08. The Hall–Kier alpha value is -0.840. The van der Waals surface area contributed by atoms with E-state index in [9.17, 15) is 4.79 Å². The molecular weight excluding hydrogens is 236 g/mol. The molecule has 0 aliphatic heterocycles. The third-order valence-corrected chi connectivity index (χ3v) is 2.17. The van der Waals surface area contributed by atoms with Gasteiger partial charge in [0.05, 0.1) is 10.5 Å². The second-order valence-electron chi connectivity index (χ2n) is 2.83. The molecule has 0 saturated carbocycles. The largest absolute Gasteiger partial charge is 0.338 e. The van der Waals surface area contributed by atoms with Crippen molar-refractivity contribution in [3.63, 3.8) is 0 Å². The van der Waals surface area contributed by atoms with Crippen LogP contribution >= 0.6 is 15.9 Å². The number of nitrogens with zero attached hydrogens (tertiary/aromatic N) is 1. The monoisotopic (exact) mass is 246 g/mol. The Morgan fingerprint density at radius 2 is 2.23 bits per heavy atom. The molecule has 1 unspecified atom stereocenters. The number of aromatic nitrogens is 1. The van der Waals surface area contributed by atoms with Crippen LogP contribution in [0.15, 0.2) is 4.52 Å². The van der Waals surface area contributed by atoms with E-state index in [1.807, 2.05) is 13.8 Å². The van der Waals surface area contributed by atoms with Gasteiger partial charge >= 0.3 is 0 Å². The van der Waals surface area contributed by atoms with E-state index in [4.69, 9.17) is 4.52 Å². The summed E-state index contributed by atoms with van der Waals surface area (Å²) in [4.78, 5) is 11.0. The number of carbonyl (C=O) groups excluding carboxylic acids is 1. The van der Waals surface area contributed by atoms with Gasteiger partial charge in [0.1, 0.15) is 0 Å². The van der Waals surface area contributed by atoms with Crippen molar-refractivity contribution in [2.75, 3.05) is 5.32 Å². The van der Waals surface area contributed by atoms with E-state index in [1.54, 1.807) is 6.92 Å². The molecule has 1 N–H and O–H groups in total. The number of anilines is 1. The van der Waals surface area contributed by atoms with Crippen LogP contribution in [0.4, 0.5) is 5.88 Å². The first kappa shape index (κ1) is 10.2. The van der Waals surface area contributed by atoms with Crippen molar-refractivity contribution in [3.05, 3.63) is 11.3 Å². The van der Waals surface area contributed by atoms with Crippen LogP contribution in [0.2, 0.25) is 0 Å². The summed E-state index contributed by atoms with van der Waals surface area (Å²) in [5, 5.41) is 6.34. The second-order valence-corrected chi connectivity index (χ2v) is 4.20. The second kappa shape index (κ2) is 3.91. The summed E-state index contributed by atoms with van der Waals surface area (Å²) in [6.07, 6.45) is 0. The molecule has 1 amide bonds. The predicted octanol–water partition coefficient (Wildman–Crippen LogP) is 2.01. The summed E-state index contributed by atoms with van der Waals surface area (Å²) in [5.41, 5.74) is 1.65. The summed E-state index contributed by atoms with van der Waals surface area (Å²) in [6, 6.07) is 0. The highest BCUT2D eigenvalue weighted by atomic mass is 79.9. The lowest BCUT2D eigenvalue weighted by Gasteiger charge is -2.02. The number of hydrogen-bond donors (Lipinski definition) is 1. The topological polar surface area (TPSA) is 55.1 Å². The number of halogens is 1. The number of rotatable bonds is 2. The van der Waals surface area contributed by atoms with Gasteiger partial charge in [-0.15, -0.1) is 0 Å². The van der Waals surface area contributed by atoms with Crippen molar-refractivity contribution in [3.8, 4) is 0 Å². The van der Waals surface area contributed by atoms with Crippen LogP contribution in [0, 0.1) is 13.8 Å². The highest BCUT2D eigenvalue weighted by Crippen LogP contribution is 2.17. The van der Waals surface area contributed by atoms with Crippen LogP contribution in [-0.2, 0) is 4.79 Å². The Balaban J connectivity index is 2.75. The molecule has 5 heteroatoms. The zero-order valence-corrected chi connectivity index (χ0v) is 9.31. The molecule has 0 bridgehead atoms. The van der Waals surface area contributed by atoms with Gasteiger partial charge in [-0.2, -0.15) is 0 Å². The molecule has 0 fully saturated rings. The van der Waals surface area contributed by atoms with E-state index < -0.39 is 0 Å². The van der Waals surface area contributed by atoms with Crippen LogP contribution in [0.3, 0.4) is 0 Å². The molecule has 0 aromatic carbocycles. The maximum absolute atomic E-state index is 11.2. The van der Waals surface area contributed by atoms with Gasteiger partial charge in [0.2, 0.25) is 11.8 Å². The van der Waals surface area contributed by atoms with Crippen LogP contribution in [0.5, 0.6) is 0 Å². The highest BCUT2D eigenvalue weighted by molar-refractivity contribution is 9.10. The minimum absolute atomic E-state index is 0.140. The Morgan fingerprint density at radius 1 is 1.62 bits per heavy atom. The first-order chi connectivity index (χ1) is 6.02. The molecule has 0 aliphatic carbocycles. The lowest BCUT2D eigenvalue weighted by molar-refractivity contribution is -0.115. The van der Waals surface area contributed by atoms with Crippen LogP contribution in [0.25, 0.3) is 0 Å². The lowest BCUT2D eigenvalue weighted by Crippen LogP contribution is -2.19. The van der Waals surface area contributed by atoms with Gasteiger partial charge in [0, 0.05) is 5.56 Å². The van der Waals surface area contributed by atoms with Gasteiger partial charge in [-0.1, -0.05) is 21.1 Å². The number of alkyl halides is 1. The van der Waals surface area contributed by atoms with E-state index in [0.29, 0.717) is 5.88 Å². The summed E-state index contributed by atoms with van der Waals surface area (Å²) in [7, 11) is 0. The predicted molar refractivity (Wildman–Crippen MR) is 53.0 cm³/mol. The third-order valence-electron chi connectivity index (χ3n) is 1.76. The zero-order chi connectivity index (χ0) is 10.0. The molecule has 0 aliphatic rings. The maximum atomic E-state index is 11.2. The average molecular weight is 247 g/mol. The Morgan fingerprint density at radius 3 is 2.62 bits per heavy atom. The van der Waals surface area contributed by atoms with Crippen molar-refractivity contribution in [2.24, 2.45) is 0 Å². The first-order valence-electron chi connectivity index (χ1n) is 3.90. The minimum Gasteiger partial charge on any atom is -0.338 e. The Labute approximate surface area is 84.8 Å². The molecule has 0 spiro atoms. The number of amides is 1. The van der Waals surface area contributed by atoms with Crippen LogP contribution in [-0.4, -0.2) is 15.9 Å². The number of hydrogen-bond acceptors (Lipinski definition) is 3. The van der Waals surface area contributed by atoms with Gasteiger partial charge in [-0.05, 0) is 20.8 Å². The van der Waals surface area contributed by atoms with Gasteiger partial charge in [0.25, 0.3) is 0 Å². The van der Waals surface area contributed by atoms with E-state index >= 15 is 0 Å². The fraction of sp³-hybridized carbons (Fsp3) is 0.500. The number of carbonyl (C=O) groups is 1. The maximum Gasteiger partial charge on any atom is 0.240 e. The third kappa shape index (κ3) is 2.30. The molecule has 72 valence electrons. The SMILES string of the molecule is Cc1noc(NC(=O)C(C)Br)c1C. The molecule has 0 radical (unpaired) electrons. The summed E-state index contributed by atoms with van der Waals surface area (Å²) in [5.74, 6) is 0.285. The fourth-order valence-electron chi connectivity index (χ4n) is 0.743. The van der Waals surface area contributed by atoms with Gasteiger partial charge < -0.3 is 4.52 Å². The van der Waals surface area contributed by atoms with Gasteiger partial charge in [-0.3, -0.25) is 10.1 Å². The fourth-order valence-corrected chi connectivity index (χ4v) is 0.858. The molecule has 4 nitrogen and oxygen atoms in total. The normalized spacial score (nSPS) is 12.6. The molecule has 1 aromatic heterocycles. The standard InChI is InChI=1S/C8H11BrN2O2/c1-4-6(3)11-13-8(4)10-7(12)5(2)9/h5H,1-3H3,(H,10,12). The number of nitrogens with one attached hydrogen (secondary N) is 1. The lowest BCUT2D eigenvalue weighted by atomic mass is 10.3. The van der Waals surface area contributed by atoms with E-state index in [2.05, 4.69) is 26.4 Å². The smallest absolute Gasteiger partial charge is 0.240 e. The molecule has 1 atom stereocenters. The van der Waals surface area contributed by atoms with E-state index in [0.717, 1.165) is 11.3 Å².